The molecule has 0 aliphatic rings. The SMILES string of the molecule is Cc1cc(NC(C)c2cn[nH]c2)ccc1N. The second-order valence-electron chi connectivity index (χ2n) is 3.97. The van der Waals surface area contributed by atoms with Gasteiger partial charge in [-0.25, -0.2) is 0 Å². The van der Waals surface area contributed by atoms with Gasteiger partial charge in [0.1, 0.15) is 0 Å². The van der Waals surface area contributed by atoms with E-state index in [9.17, 15) is 0 Å². The van der Waals surface area contributed by atoms with Crippen LogP contribution in [0.25, 0.3) is 0 Å². The summed E-state index contributed by atoms with van der Waals surface area (Å²) in [7, 11) is 0. The largest absolute Gasteiger partial charge is 0.399 e. The van der Waals surface area contributed by atoms with Crippen LogP contribution in [0.15, 0.2) is 30.6 Å². The predicted molar refractivity (Wildman–Crippen MR) is 66.2 cm³/mol. The molecule has 16 heavy (non-hydrogen) atoms. The van der Waals surface area contributed by atoms with Gasteiger partial charge in [0.2, 0.25) is 0 Å². The van der Waals surface area contributed by atoms with Crippen LogP contribution < -0.4 is 11.1 Å². The van der Waals surface area contributed by atoms with E-state index in [0.717, 1.165) is 22.5 Å². The van der Waals surface area contributed by atoms with Crippen LogP contribution >= 0.6 is 0 Å². The summed E-state index contributed by atoms with van der Waals surface area (Å²) in [5.41, 5.74) is 9.88. The number of benzene rings is 1. The first-order valence-electron chi connectivity index (χ1n) is 5.28. The number of aromatic nitrogens is 2. The van der Waals surface area contributed by atoms with E-state index in [1.807, 2.05) is 37.5 Å². The van der Waals surface area contributed by atoms with Crippen LogP contribution in [0.3, 0.4) is 0 Å². The highest BCUT2D eigenvalue weighted by Crippen LogP contribution is 2.21. The zero-order valence-electron chi connectivity index (χ0n) is 9.49. The minimum Gasteiger partial charge on any atom is -0.399 e. The van der Waals surface area contributed by atoms with Crippen molar-refractivity contribution in [2.24, 2.45) is 0 Å². The van der Waals surface area contributed by atoms with Crippen molar-refractivity contribution < 1.29 is 0 Å². The lowest BCUT2D eigenvalue weighted by atomic mass is 10.1. The summed E-state index contributed by atoms with van der Waals surface area (Å²) in [4.78, 5) is 0. The van der Waals surface area contributed by atoms with Crippen molar-refractivity contribution in [1.82, 2.24) is 10.2 Å². The lowest BCUT2D eigenvalue weighted by Crippen LogP contribution is -2.06. The third-order valence-electron chi connectivity index (χ3n) is 2.67. The molecule has 4 nitrogen and oxygen atoms in total. The van der Waals surface area contributed by atoms with Gasteiger partial charge >= 0.3 is 0 Å². The summed E-state index contributed by atoms with van der Waals surface area (Å²) in [5, 5.41) is 10.1. The standard InChI is InChI=1S/C12H16N4/c1-8-5-11(3-4-12(8)13)16-9(2)10-6-14-15-7-10/h3-7,9,16H,13H2,1-2H3,(H,14,15). The molecule has 0 saturated heterocycles. The molecule has 4 heteroatoms. The smallest absolute Gasteiger partial charge is 0.0539 e. The maximum Gasteiger partial charge on any atom is 0.0539 e. The van der Waals surface area contributed by atoms with Gasteiger partial charge in [-0.3, -0.25) is 5.10 Å². The van der Waals surface area contributed by atoms with E-state index in [4.69, 9.17) is 5.73 Å². The molecule has 1 aromatic carbocycles. The van der Waals surface area contributed by atoms with E-state index in [1.54, 1.807) is 0 Å². The zero-order valence-corrected chi connectivity index (χ0v) is 9.49. The molecule has 1 aromatic heterocycles. The van der Waals surface area contributed by atoms with Crippen LogP contribution in [-0.2, 0) is 0 Å². The van der Waals surface area contributed by atoms with Crippen molar-refractivity contribution >= 4 is 11.4 Å². The number of anilines is 2. The van der Waals surface area contributed by atoms with E-state index >= 15 is 0 Å². The highest BCUT2D eigenvalue weighted by atomic mass is 15.1. The van der Waals surface area contributed by atoms with E-state index < -0.39 is 0 Å². The summed E-state index contributed by atoms with van der Waals surface area (Å²) in [5.74, 6) is 0. The monoisotopic (exact) mass is 216 g/mol. The summed E-state index contributed by atoms with van der Waals surface area (Å²) in [6.45, 7) is 4.10. The molecule has 0 spiro atoms. The number of aromatic amines is 1. The number of nitrogens with two attached hydrogens (primary N) is 1. The number of nitrogen functional groups attached to an aromatic ring is 1. The number of aryl methyl sites for hydroxylation is 1. The fourth-order valence-electron chi connectivity index (χ4n) is 1.60. The van der Waals surface area contributed by atoms with Crippen LogP contribution in [0.5, 0.6) is 0 Å². The van der Waals surface area contributed by atoms with E-state index in [1.165, 1.54) is 0 Å². The second kappa shape index (κ2) is 4.26. The first kappa shape index (κ1) is 10.5. The molecule has 1 unspecified atom stereocenters. The maximum atomic E-state index is 5.77. The molecule has 4 N–H and O–H groups in total. The quantitative estimate of drug-likeness (QED) is 0.690. The minimum atomic E-state index is 0.224. The Balaban J connectivity index is 2.12. The molecule has 1 atom stereocenters. The number of H-pyrrole nitrogens is 1. The van der Waals surface area contributed by atoms with E-state index in [0.29, 0.717) is 0 Å². The van der Waals surface area contributed by atoms with Crippen LogP contribution in [0.4, 0.5) is 11.4 Å². The number of nitrogens with one attached hydrogen (secondary N) is 2. The highest BCUT2D eigenvalue weighted by Gasteiger charge is 2.06. The van der Waals surface area contributed by atoms with Gasteiger partial charge in [0.15, 0.2) is 0 Å². The van der Waals surface area contributed by atoms with Gasteiger partial charge in [-0.2, -0.15) is 5.10 Å². The van der Waals surface area contributed by atoms with Gasteiger partial charge in [-0.05, 0) is 37.6 Å². The molecule has 0 saturated carbocycles. The lowest BCUT2D eigenvalue weighted by molar-refractivity contribution is 0.886. The van der Waals surface area contributed by atoms with Crippen molar-refractivity contribution in [2.45, 2.75) is 19.9 Å². The number of hydrogen-bond acceptors (Lipinski definition) is 3. The Kier molecular flexibility index (Phi) is 2.81. The Bertz CT molecular complexity index is 462. The number of nitrogens with zero attached hydrogens (tertiary/aromatic N) is 1. The van der Waals surface area contributed by atoms with Crippen LogP contribution in [0, 0.1) is 6.92 Å². The summed E-state index contributed by atoms with van der Waals surface area (Å²) in [6, 6.07) is 6.17. The fraction of sp³-hybridized carbons (Fsp3) is 0.250. The Morgan fingerprint density at radius 2 is 2.25 bits per heavy atom. The molecule has 0 bridgehead atoms. The van der Waals surface area contributed by atoms with Crippen molar-refractivity contribution in [3.63, 3.8) is 0 Å². The maximum absolute atomic E-state index is 5.77. The Morgan fingerprint density at radius 1 is 1.44 bits per heavy atom. The molecule has 0 aliphatic heterocycles. The first-order chi connectivity index (χ1) is 7.66. The zero-order chi connectivity index (χ0) is 11.5. The van der Waals surface area contributed by atoms with Gasteiger partial charge < -0.3 is 11.1 Å². The van der Waals surface area contributed by atoms with Gasteiger partial charge in [0, 0.05) is 23.1 Å². The van der Waals surface area contributed by atoms with Crippen LogP contribution in [-0.4, -0.2) is 10.2 Å². The normalized spacial score (nSPS) is 12.4. The Labute approximate surface area is 94.9 Å². The third kappa shape index (κ3) is 2.16. The predicted octanol–water partition coefficient (Wildman–Crippen LogP) is 2.47. The second-order valence-corrected chi connectivity index (χ2v) is 3.97. The lowest BCUT2D eigenvalue weighted by Gasteiger charge is -2.14. The fourth-order valence-corrected chi connectivity index (χ4v) is 1.60. The molecule has 84 valence electrons. The molecule has 0 radical (unpaired) electrons. The molecule has 0 aliphatic carbocycles. The van der Waals surface area contributed by atoms with E-state index in [2.05, 4.69) is 22.4 Å². The highest BCUT2D eigenvalue weighted by molar-refractivity contribution is 5.57. The molecular formula is C12H16N4. The molecular weight excluding hydrogens is 200 g/mol. The Hall–Kier alpha value is -1.97. The number of hydrogen-bond donors (Lipinski definition) is 3. The van der Waals surface area contributed by atoms with Gasteiger partial charge in [0.25, 0.3) is 0 Å². The average molecular weight is 216 g/mol. The topological polar surface area (TPSA) is 66.7 Å². The minimum absolute atomic E-state index is 0.224. The molecule has 0 amide bonds. The van der Waals surface area contributed by atoms with Crippen molar-refractivity contribution in [1.29, 1.82) is 0 Å². The van der Waals surface area contributed by atoms with Gasteiger partial charge in [-0.15, -0.1) is 0 Å². The van der Waals surface area contributed by atoms with Crippen LogP contribution in [0.2, 0.25) is 0 Å². The number of rotatable bonds is 3. The van der Waals surface area contributed by atoms with Crippen molar-refractivity contribution in [3.05, 3.63) is 41.7 Å². The summed E-state index contributed by atoms with van der Waals surface area (Å²) in [6.07, 6.45) is 3.71. The Morgan fingerprint density at radius 3 is 2.88 bits per heavy atom. The molecule has 2 rings (SSSR count). The average Bonchev–Trinajstić information content (AvgIpc) is 2.77. The van der Waals surface area contributed by atoms with Crippen molar-refractivity contribution in [2.75, 3.05) is 11.1 Å². The van der Waals surface area contributed by atoms with E-state index in [-0.39, 0.29) is 6.04 Å². The molecule has 0 fully saturated rings. The third-order valence-corrected chi connectivity index (χ3v) is 2.67. The van der Waals surface area contributed by atoms with Crippen molar-refractivity contribution in [3.8, 4) is 0 Å². The molecule has 2 aromatic rings. The summed E-state index contributed by atoms with van der Waals surface area (Å²) >= 11 is 0. The molecule has 1 heterocycles. The van der Waals surface area contributed by atoms with Gasteiger partial charge in [0.05, 0.1) is 12.2 Å². The summed E-state index contributed by atoms with van der Waals surface area (Å²) < 4.78 is 0. The van der Waals surface area contributed by atoms with Crippen LogP contribution in [0.1, 0.15) is 24.1 Å². The van der Waals surface area contributed by atoms with Gasteiger partial charge in [-0.1, -0.05) is 0 Å². The first-order valence-corrected chi connectivity index (χ1v) is 5.28.